The Hall–Kier alpha value is -0.120. The fraction of sp³-hybridized carbons (Fsp3) is 0.625. The van der Waals surface area contributed by atoms with Crippen LogP contribution in [0.5, 0.6) is 0 Å². The Bertz CT molecular complexity index is 347. The number of rotatable bonds is 6. The van der Waals surface area contributed by atoms with E-state index in [2.05, 4.69) is 73.0 Å². The van der Waals surface area contributed by atoms with Gasteiger partial charge >= 0.3 is 0 Å². The first kappa shape index (κ1) is 15.3. The summed E-state index contributed by atoms with van der Waals surface area (Å²) >= 11 is 4.24. The van der Waals surface area contributed by atoms with Crippen molar-refractivity contribution in [2.24, 2.45) is 5.92 Å². The smallest absolute Gasteiger partial charge is 0.0263 e. The second-order valence-corrected chi connectivity index (χ2v) is 8.05. The number of benzene rings is 1. The van der Waals surface area contributed by atoms with E-state index in [9.17, 15) is 0 Å². The van der Waals surface area contributed by atoms with E-state index in [1.54, 1.807) is 0 Å². The zero-order valence-electron chi connectivity index (χ0n) is 12.0. The van der Waals surface area contributed by atoms with Gasteiger partial charge in [-0.15, -0.1) is 0 Å². The first-order chi connectivity index (χ1) is 9.27. The van der Waals surface area contributed by atoms with Crippen molar-refractivity contribution in [2.75, 3.05) is 30.3 Å². The van der Waals surface area contributed by atoms with Gasteiger partial charge in [0.25, 0.3) is 0 Å². The fourth-order valence-corrected chi connectivity index (χ4v) is 5.14. The van der Waals surface area contributed by atoms with Gasteiger partial charge in [0.1, 0.15) is 0 Å². The monoisotopic (exact) mass is 295 g/mol. The molecule has 0 spiro atoms. The molecule has 2 atom stereocenters. The van der Waals surface area contributed by atoms with Gasteiger partial charge in [-0.1, -0.05) is 44.2 Å². The molecule has 0 aliphatic carbocycles. The minimum atomic E-state index is 0.627. The van der Waals surface area contributed by atoms with Crippen molar-refractivity contribution in [2.45, 2.75) is 25.0 Å². The van der Waals surface area contributed by atoms with Gasteiger partial charge in [-0.05, 0) is 17.4 Å². The molecule has 19 heavy (non-hydrogen) atoms. The van der Waals surface area contributed by atoms with Gasteiger partial charge in [0.15, 0.2) is 0 Å². The lowest BCUT2D eigenvalue weighted by Crippen LogP contribution is -2.33. The first-order valence-electron chi connectivity index (χ1n) is 7.22. The largest absolute Gasteiger partial charge is 0.315 e. The van der Waals surface area contributed by atoms with E-state index in [1.165, 1.54) is 22.8 Å². The normalized spacial score (nSPS) is 21.5. The van der Waals surface area contributed by atoms with Crippen molar-refractivity contribution in [1.82, 2.24) is 5.32 Å². The molecule has 106 valence electrons. The Balaban J connectivity index is 1.80. The van der Waals surface area contributed by atoms with Gasteiger partial charge in [0.2, 0.25) is 0 Å². The van der Waals surface area contributed by atoms with Crippen LogP contribution in [0.3, 0.4) is 0 Å². The van der Waals surface area contributed by atoms with Gasteiger partial charge in [0, 0.05) is 35.6 Å². The van der Waals surface area contributed by atoms with Gasteiger partial charge in [0.05, 0.1) is 0 Å². The van der Waals surface area contributed by atoms with Crippen LogP contribution in [-0.2, 0) is 0 Å². The predicted molar refractivity (Wildman–Crippen MR) is 90.5 cm³/mol. The summed E-state index contributed by atoms with van der Waals surface area (Å²) < 4.78 is 0. The van der Waals surface area contributed by atoms with Crippen molar-refractivity contribution in [1.29, 1.82) is 0 Å². The second kappa shape index (κ2) is 8.23. The molecule has 0 bridgehead atoms. The van der Waals surface area contributed by atoms with E-state index >= 15 is 0 Å². The molecule has 1 N–H and O–H groups in total. The quantitative estimate of drug-likeness (QED) is 0.856. The van der Waals surface area contributed by atoms with Crippen LogP contribution in [-0.4, -0.2) is 35.6 Å². The molecule has 0 amide bonds. The number of nitrogens with one attached hydrogen (secondary N) is 1. The van der Waals surface area contributed by atoms with E-state index in [4.69, 9.17) is 0 Å². The predicted octanol–water partition coefficient (Wildman–Crippen LogP) is 3.86. The van der Waals surface area contributed by atoms with Crippen LogP contribution in [0.25, 0.3) is 0 Å². The van der Waals surface area contributed by atoms with Crippen molar-refractivity contribution in [3.05, 3.63) is 35.9 Å². The number of hydrogen-bond donors (Lipinski definition) is 1. The lowest BCUT2D eigenvalue weighted by molar-refractivity contribution is 0.463. The first-order valence-corrected chi connectivity index (χ1v) is 9.42. The molecule has 1 saturated heterocycles. The fourth-order valence-electron chi connectivity index (χ4n) is 2.49. The second-order valence-electron chi connectivity index (χ2n) is 5.49. The van der Waals surface area contributed by atoms with E-state index in [1.807, 2.05) is 0 Å². The molecule has 1 aromatic carbocycles. The molecule has 1 nitrogen and oxygen atoms in total. The Morgan fingerprint density at radius 2 is 2.00 bits per heavy atom. The van der Waals surface area contributed by atoms with E-state index in [-0.39, 0.29) is 0 Å². The average molecular weight is 296 g/mol. The van der Waals surface area contributed by atoms with Crippen molar-refractivity contribution in [3.63, 3.8) is 0 Å². The molecular formula is C16H25NS2. The van der Waals surface area contributed by atoms with E-state index < -0.39 is 0 Å². The van der Waals surface area contributed by atoms with Gasteiger partial charge in [-0.25, -0.2) is 0 Å². The highest BCUT2D eigenvalue weighted by atomic mass is 32.2. The minimum absolute atomic E-state index is 0.627. The molecule has 0 saturated carbocycles. The van der Waals surface area contributed by atoms with Crippen LogP contribution in [0.2, 0.25) is 0 Å². The number of thioether (sulfide) groups is 2. The Morgan fingerprint density at radius 3 is 2.63 bits per heavy atom. The van der Waals surface area contributed by atoms with Crippen molar-refractivity contribution >= 4 is 23.5 Å². The molecule has 0 radical (unpaired) electrons. The van der Waals surface area contributed by atoms with Gasteiger partial charge < -0.3 is 5.32 Å². The maximum Gasteiger partial charge on any atom is 0.0263 e. The molecule has 1 heterocycles. The Kier molecular flexibility index (Phi) is 6.62. The maximum atomic E-state index is 3.70. The highest BCUT2D eigenvalue weighted by molar-refractivity contribution is 8.06. The SMILES string of the molecule is CC(C)C(CNCC1CSCCS1)c1ccccc1. The third kappa shape index (κ3) is 5.05. The lowest BCUT2D eigenvalue weighted by Gasteiger charge is -2.25. The van der Waals surface area contributed by atoms with E-state index in [0.717, 1.165) is 18.3 Å². The summed E-state index contributed by atoms with van der Waals surface area (Å²) in [4.78, 5) is 0. The Morgan fingerprint density at radius 1 is 1.21 bits per heavy atom. The summed E-state index contributed by atoms with van der Waals surface area (Å²) in [5.74, 6) is 5.28. The molecule has 1 aromatic rings. The van der Waals surface area contributed by atoms with Gasteiger partial charge in [-0.2, -0.15) is 23.5 Å². The molecule has 2 rings (SSSR count). The maximum absolute atomic E-state index is 3.70. The molecule has 1 aliphatic rings. The number of hydrogen-bond acceptors (Lipinski definition) is 3. The zero-order chi connectivity index (χ0) is 13.5. The molecule has 1 aliphatic heterocycles. The van der Waals surface area contributed by atoms with Crippen LogP contribution in [0.4, 0.5) is 0 Å². The average Bonchev–Trinajstić information content (AvgIpc) is 2.45. The highest BCUT2D eigenvalue weighted by Gasteiger charge is 2.17. The third-order valence-electron chi connectivity index (χ3n) is 3.65. The summed E-state index contributed by atoms with van der Waals surface area (Å²) in [6.45, 7) is 6.91. The van der Waals surface area contributed by atoms with Crippen molar-refractivity contribution in [3.8, 4) is 0 Å². The highest BCUT2D eigenvalue weighted by Crippen LogP contribution is 2.25. The summed E-state index contributed by atoms with van der Waals surface area (Å²) in [6, 6.07) is 10.9. The summed E-state index contributed by atoms with van der Waals surface area (Å²) in [6.07, 6.45) is 0. The van der Waals surface area contributed by atoms with Crippen LogP contribution < -0.4 is 5.32 Å². The topological polar surface area (TPSA) is 12.0 Å². The summed E-state index contributed by atoms with van der Waals surface area (Å²) in [5.41, 5.74) is 1.47. The lowest BCUT2D eigenvalue weighted by atomic mass is 9.88. The molecule has 2 unspecified atom stereocenters. The molecule has 1 fully saturated rings. The molecular weight excluding hydrogens is 270 g/mol. The van der Waals surface area contributed by atoms with Crippen LogP contribution in [0.1, 0.15) is 25.3 Å². The third-order valence-corrected chi connectivity index (χ3v) is 6.50. The standard InChI is InChI=1S/C16H25NS2/c1-13(2)16(14-6-4-3-5-7-14)11-17-10-15-12-18-8-9-19-15/h3-7,13,15-17H,8-12H2,1-2H3. The van der Waals surface area contributed by atoms with Crippen molar-refractivity contribution < 1.29 is 0 Å². The van der Waals surface area contributed by atoms with E-state index in [0.29, 0.717) is 11.8 Å². The summed E-state index contributed by atoms with van der Waals surface area (Å²) in [5, 5.41) is 4.51. The van der Waals surface area contributed by atoms with Crippen LogP contribution in [0.15, 0.2) is 30.3 Å². The van der Waals surface area contributed by atoms with Gasteiger partial charge in [-0.3, -0.25) is 0 Å². The van der Waals surface area contributed by atoms with Crippen LogP contribution in [0, 0.1) is 5.92 Å². The summed E-state index contributed by atoms with van der Waals surface area (Å²) in [7, 11) is 0. The van der Waals surface area contributed by atoms with Crippen LogP contribution >= 0.6 is 23.5 Å². The Labute approximate surface area is 126 Å². The molecule has 0 aromatic heterocycles. The zero-order valence-corrected chi connectivity index (χ0v) is 13.6. The molecule has 3 heteroatoms. The minimum Gasteiger partial charge on any atom is -0.315 e.